The first kappa shape index (κ1) is 22.8. The number of hydrogen-bond donors (Lipinski definition) is 2. The summed E-state index contributed by atoms with van der Waals surface area (Å²) >= 11 is 0. The summed E-state index contributed by atoms with van der Waals surface area (Å²) in [4.78, 5) is 20.0. The lowest BCUT2D eigenvalue weighted by molar-refractivity contribution is -0.138. The van der Waals surface area contributed by atoms with E-state index in [0.717, 1.165) is 6.07 Å². The molecule has 31 heavy (non-hydrogen) atoms. The van der Waals surface area contributed by atoms with E-state index in [9.17, 15) is 23.1 Å². The van der Waals surface area contributed by atoms with E-state index in [4.69, 9.17) is 14.2 Å². The molecule has 1 aromatic carbocycles. The van der Waals surface area contributed by atoms with Crippen LogP contribution in [0.5, 0.6) is 6.01 Å². The smallest absolute Gasteiger partial charge is 0.318 e. The first-order valence-corrected chi connectivity index (χ1v) is 9.49. The maximum absolute atomic E-state index is 14.6. The van der Waals surface area contributed by atoms with Gasteiger partial charge in [-0.2, -0.15) is 9.97 Å². The Morgan fingerprint density at radius 2 is 1.87 bits per heavy atom. The Morgan fingerprint density at radius 3 is 2.45 bits per heavy atom. The van der Waals surface area contributed by atoms with Gasteiger partial charge in [-0.05, 0) is 13.8 Å². The average Bonchev–Trinajstić information content (AvgIpc) is 3.26. The van der Waals surface area contributed by atoms with Gasteiger partial charge in [0, 0.05) is 5.56 Å². The van der Waals surface area contributed by atoms with E-state index in [-0.39, 0.29) is 41.9 Å². The first-order valence-electron chi connectivity index (χ1n) is 9.49. The van der Waals surface area contributed by atoms with E-state index < -0.39 is 42.0 Å². The average molecular weight is 441 g/mol. The van der Waals surface area contributed by atoms with Crippen LogP contribution in [0.2, 0.25) is 0 Å². The number of halogens is 3. The van der Waals surface area contributed by atoms with Gasteiger partial charge in [0.2, 0.25) is 0 Å². The van der Waals surface area contributed by atoms with Crippen molar-refractivity contribution >= 4 is 11.8 Å². The molecule has 1 aliphatic rings. The molecule has 1 aromatic heterocycles. The van der Waals surface area contributed by atoms with Crippen LogP contribution in [0.1, 0.15) is 60.9 Å². The topological polar surface area (TPSA) is 103 Å². The summed E-state index contributed by atoms with van der Waals surface area (Å²) in [5.74, 6) is -3.15. The van der Waals surface area contributed by atoms with Crippen molar-refractivity contribution in [2.24, 2.45) is 0 Å². The predicted octanol–water partition coefficient (Wildman–Crippen LogP) is 3.97. The van der Waals surface area contributed by atoms with Gasteiger partial charge in [0.1, 0.15) is 11.6 Å². The highest BCUT2D eigenvalue weighted by Crippen LogP contribution is 2.37. The molecule has 2 aromatic rings. The number of rotatable bonds is 8. The van der Waals surface area contributed by atoms with Crippen molar-refractivity contribution in [2.45, 2.75) is 38.5 Å². The molecular weight excluding hydrogens is 419 g/mol. The van der Waals surface area contributed by atoms with Crippen LogP contribution in [0.15, 0.2) is 18.2 Å². The molecular formula is C20H22F3N3O5. The number of carboxylic acids is 1. The summed E-state index contributed by atoms with van der Waals surface area (Å²) < 4.78 is 57.0. The van der Waals surface area contributed by atoms with Crippen LogP contribution in [-0.2, 0) is 14.3 Å². The molecule has 2 atom stereocenters. The summed E-state index contributed by atoms with van der Waals surface area (Å²) in [5, 5.41) is 12.5. The lowest BCUT2D eigenvalue weighted by Gasteiger charge is -2.24. The Hall–Kier alpha value is -2.92. The molecule has 168 valence electrons. The van der Waals surface area contributed by atoms with Gasteiger partial charge in [0.25, 0.3) is 6.43 Å². The Morgan fingerprint density at radius 1 is 1.23 bits per heavy atom. The number of benzene rings is 1. The van der Waals surface area contributed by atoms with Crippen LogP contribution in [-0.4, -0.2) is 41.4 Å². The van der Waals surface area contributed by atoms with Gasteiger partial charge in [0.15, 0.2) is 6.29 Å². The van der Waals surface area contributed by atoms with Gasteiger partial charge in [0.05, 0.1) is 49.1 Å². The molecule has 1 fully saturated rings. The summed E-state index contributed by atoms with van der Waals surface area (Å²) in [6.45, 7) is 3.54. The molecule has 2 N–H and O–H groups in total. The number of carbonyl (C=O) groups is 1. The number of nitrogens with one attached hydrogen (secondary N) is 1. The molecule has 0 aliphatic carbocycles. The molecule has 2 heterocycles. The van der Waals surface area contributed by atoms with Gasteiger partial charge in [-0.1, -0.05) is 18.2 Å². The van der Waals surface area contributed by atoms with Crippen molar-refractivity contribution in [1.29, 1.82) is 0 Å². The minimum absolute atomic E-state index is 0.0116. The highest BCUT2D eigenvalue weighted by Gasteiger charge is 2.33. The lowest BCUT2D eigenvalue weighted by atomic mass is 10.0. The predicted molar refractivity (Wildman–Crippen MR) is 103 cm³/mol. The summed E-state index contributed by atoms with van der Waals surface area (Å²) in [7, 11) is 1.31. The van der Waals surface area contributed by atoms with Crippen molar-refractivity contribution in [3.05, 3.63) is 46.4 Å². The van der Waals surface area contributed by atoms with Crippen molar-refractivity contribution < 1.29 is 37.3 Å². The van der Waals surface area contributed by atoms with E-state index in [1.165, 1.54) is 26.2 Å². The van der Waals surface area contributed by atoms with Crippen molar-refractivity contribution in [3.8, 4) is 6.01 Å². The summed E-state index contributed by atoms with van der Waals surface area (Å²) in [6, 6.07) is 2.79. The number of carboxylic acid groups (broad SMARTS) is 1. The zero-order chi connectivity index (χ0) is 22.7. The molecule has 3 rings (SSSR count). The van der Waals surface area contributed by atoms with E-state index in [1.54, 1.807) is 6.92 Å². The number of ether oxygens (including phenoxy) is 3. The van der Waals surface area contributed by atoms with Crippen LogP contribution in [0.25, 0.3) is 0 Å². The van der Waals surface area contributed by atoms with Crippen LogP contribution in [0.4, 0.5) is 19.0 Å². The summed E-state index contributed by atoms with van der Waals surface area (Å²) in [5.41, 5.74) is -0.398. The van der Waals surface area contributed by atoms with Crippen LogP contribution < -0.4 is 10.1 Å². The van der Waals surface area contributed by atoms with Crippen molar-refractivity contribution in [1.82, 2.24) is 9.97 Å². The van der Waals surface area contributed by atoms with Gasteiger partial charge < -0.3 is 24.6 Å². The number of anilines is 1. The highest BCUT2D eigenvalue weighted by molar-refractivity contribution is 5.76. The second-order valence-corrected chi connectivity index (χ2v) is 6.91. The molecule has 0 spiro atoms. The Kier molecular flexibility index (Phi) is 6.96. The van der Waals surface area contributed by atoms with Gasteiger partial charge >= 0.3 is 12.0 Å². The summed E-state index contributed by atoms with van der Waals surface area (Å²) in [6.07, 6.45) is -3.92. The molecule has 1 aliphatic heterocycles. The number of methoxy groups -OCH3 is 1. The number of aliphatic carboxylic acids is 1. The van der Waals surface area contributed by atoms with E-state index >= 15 is 0 Å². The van der Waals surface area contributed by atoms with Crippen molar-refractivity contribution in [2.75, 3.05) is 25.6 Å². The van der Waals surface area contributed by atoms with E-state index in [2.05, 4.69) is 15.3 Å². The Bertz CT molecular complexity index is 954. The molecule has 11 heteroatoms. The fourth-order valence-corrected chi connectivity index (χ4v) is 3.23. The van der Waals surface area contributed by atoms with Crippen molar-refractivity contribution in [3.63, 3.8) is 0 Å². The van der Waals surface area contributed by atoms with Gasteiger partial charge in [-0.25, -0.2) is 13.2 Å². The van der Waals surface area contributed by atoms with Crippen LogP contribution >= 0.6 is 0 Å². The van der Waals surface area contributed by atoms with Crippen LogP contribution in [0, 0.1) is 5.82 Å². The maximum atomic E-state index is 14.6. The van der Waals surface area contributed by atoms with Crippen LogP contribution in [0.3, 0.4) is 0 Å². The third kappa shape index (κ3) is 4.72. The minimum atomic E-state index is -2.97. The SMILES string of the molecule is COc1nc(NC(C)c2cccc(C(F)F)c2F)c(C2OCCO2)c(C(C)C(=O)O)n1. The number of alkyl halides is 2. The second-order valence-electron chi connectivity index (χ2n) is 6.91. The van der Waals surface area contributed by atoms with Gasteiger partial charge in [-0.15, -0.1) is 0 Å². The molecule has 1 saturated heterocycles. The molecule has 0 amide bonds. The Balaban J connectivity index is 2.08. The highest BCUT2D eigenvalue weighted by atomic mass is 19.3. The standard InChI is InChI=1S/C20H22F3N3O5/c1-9(18(27)28)15-13(19-30-7-8-31-19)17(26-20(25-15)29-3)24-10(2)11-5-4-6-12(14(11)21)16(22)23/h4-6,9-10,16,19H,7-8H2,1-3H3,(H,27,28)(H,24,25,26). The molecule has 8 nitrogen and oxygen atoms in total. The quantitative estimate of drug-likeness (QED) is 0.635. The zero-order valence-electron chi connectivity index (χ0n) is 17.1. The zero-order valence-corrected chi connectivity index (χ0v) is 17.1. The first-order chi connectivity index (χ1) is 14.7. The normalized spacial score (nSPS) is 16.4. The molecule has 0 saturated carbocycles. The van der Waals surface area contributed by atoms with E-state index in [0.29, 0.717) is 0 Å². The monoisotopic (exact) mass is 441 g/mol. The fraction of sp³-hybridized carbons (Fsp3) is 0.450. The third-order valence-corrected chi connectivity index (χ3v) is 4.89. The lowest BCUT2D eigenvalue weighted by Crippen LogP contribution is -2.20. The molecule has 2 unspecified atom stereocenters. The Labute approximate surface area is 176 Å². The van der Waals surface area contributed by atoms with E-state index in [1.807, 2.05) is 0 Å². The second kappa shape index (κ2) is 9.48. The fourth-order valence-electron chi connectivity index (χ4n) is 3.23. The number of hydrogen-bond acceptors (Lipinski definition) is 7. The third-order valence-electron chi connectivity index (χ3n) is 4.89. The number of aromatic nitrogens is 2. The van der Waals surface area contributed by atoms with Gasteiger partial charge in [-0.3, -0.25) is 4.79 Å². The minimum Gasteiger partial charge on any atom is -0.481 e. The molecule has 0 bridgehead atoms. The number of nitrogens with zero attached hydrogens (tertiary/aromatic N) is 2. The largest absolute Gasteiger partial charge is 0.481 e. The molecule has 0 radical (unpaired) electrons. The maximum Gasteiger partial charge on any atom is 0.318 e.